The maximum absolute atomic E-state index is 3.73. The Kier molecular flexibility index (Phi) is 3.30. The summed E-state index contributed by atoms with van der Waals surface area (Å²) in [7, 11) is 0. The van der Waals surface area contributed by atoms with Gasteiger partial charge in [-0.2, -0.15) is 0 Å². The second-order valence-corrected chi connectivity index (χ2v) is 1.97. The number of nitrogens with zero attached hydrogens (tertiary/aromatic N) is 2. The molecule has 8 heavy (non-hydrogen) atoms. The fourth-order valence-corrected chi connectivity index (χ4v) is 0.517. The summed E-state index contributed by atoms with van der Waals surface area (Å²) in [5.41, 5.74) is 0. The molecular formula is C4H6BrN3. The van der Waals surface area contributed by atoms with Crippen LogP contribution in [0.25, 0.3) is 0 Å². The predicted octanol–water partition coefficient (Wildman–Crippen LogP) is 1.40. The summed E-state index contributed by atoms with van der Waals surface area (Å²) in [6.45, 7) is 0. The first-order valence-electron chi connectivity index (χ1n) is 1.80. The molecule has 1 aromatic heterocycles. The van der Waals surface area contributed by atoms with Crippen molar-refractivity contribution in [3.8, 4) is 0 Å². The summed E-state index contributed by atoms with van der Waals surface area (Å²) in [6, 6.07) is 0. The topological polar surface area (TPSA) is 60.8 Å². The fraction of sp³-hybridized carbons (Fsp3) is 0. The quantitative estimate of drug-likeness (QED) is 0.649. The predicted molar refractivity (Wildman–Crippen MR) is 34.8 cm³/mol. The van der Waals surface area contributed by atoms with Crippen molar-refractivity contribution in [2.75, 3.05) is 0 Å². The molecule has 4 heteroatoms. The molecule has 0 saturated carbocycles. The lowest BCUT2D eigenvalue weighted by Crippen LogP contribution is -1.71. The van der Waals surface area contributed by atoms with E-state index in [0.29, 0.717) is 0 Å². The number of aromatic nitrogens is 2. The van der Waals surface area contributed by atoms with Crippen molar-refractivity contribution in [2.24, 2.45) is 0 Å². The fourth-order valence-electron chi connectivity index (χ4n) is 0.281. The van der Waals surface area contributed by atoms with E-state index in [0.717, 1.165) is 4.47 Å². The van der Waals surface area contributed by atoms with Crippen LogP contribution >= 0.6 is 15.9 Å². The highest BCUT2D eigenvalue weighted by molar-refractivity contribution is 9.10. The first-order chi connectivity index (χ1) is 3.39. The van der Waals surface area contributed by atoms with Crippen LogP contribution < -0.4 is 6.15 Å². The average molecular weight is 176 g/mol. The third-order valence-corrected chi connectivity index (χ3v) is 0.939. The van der Waals surface area contributed by atoms with E-state index in [4.69, 9.17) is 0 Å². The SMILES string of the molecule is Brc1cncnc1.N. The standard InChI is InChI=1S/C4H3BrN2.H3N/c5-4-1-6-3-7-2-4;/h1-3H;1H3. The maximum atomic E-state index is 3.73. The van der Waals surface area contributed by atoms with Crippen molar-refractivity contribution in [3.05, 3.63) is 23.2 Å². The van der Waals surface area contributed by atoms with Gasteiger partial charge in [0.25, 0.3) is 0 Å². The van der Waals surface area contributed by atoms with Crippen LogP contribution in [0.3, 0.4) is 0 Å². The van der Waals surface area contributed by atoms with Gasteiger partial charge >= 0.3 is 0 Å². The zero-order chi connectivity index (χ0) is 5.11. The van der Waals surface area contributed by atoms with Gasteiger partial charge in [0.15, 0.2) is 0 Å². The van der Waals surface area contributed by atoms with Gasteiger partial charge in [-0.05, 0) is 15.9 Å². The molecule has 0 saturated heterocycles. The summed E-state index contributed by atoms with van der Waals surface area (Å²) in [5, 5.41) is 0. The minimum atomic E-state index is 0. The van der Waals surface area contributed by atoms with E-state index in [1.807, 2.05) is 0 Å². The molecule has 1 aromatic rings. The number of hydrogen-bond donors (Lipinski definition) is 1. The van der Waals surface area contributed by atoms with Gasteiger partial charge < -0.3 is 6.15 Å². The molecule has 0 atom stereocenters. The van der Waals surface area contributed by atoms with Gasteiger partial charge in [0.05, 0.1) is 4.47 Å². The molecular weight excluding hydrogens is 170 g/mol. The van der Waals surface area contributed by atoms with Crippen molar-refractivity contribution >= 4 is 15.9 Å². The molecule has 44 valence electrons. The lowest BCUT2D eigenvalue weighted by Gasteiger charge is -1.79. The lowest BCUT2D eigenvalue weighted by atomic mass is 10.7. The Morgan fingerprint density at radius 1 is 1.25 bits per heavy atom. The molecule has 0 aliphatic rings. The number of halogens is 1. The normalized spacial score (nSPS) is 7.62. The van der Waals surface area contributed by atoms with Crippen LogP contribution in [-0.2, 0) is 0 Å². The molecule has 0 amide bonds. The molecule has 0 aliphatic heterocycles. The minimum Gasteiger partial charge on any atom is -0.344 e. The molecule has 0 aliphatic carbocycles. The highest BCUT2D eigenvalue weighted by Gasteiger charge is 1.76. The molecule has 3 nitrogen and oxygen atoms in total. The molecule has 0 aromatic carbocycles. The summed E-state index contributed by atoms with van der Waals surface area (Å²) in [5.74, 6) is 0. The van der Waals surface area contributed by atoms with Gasteiger partial charge in [-0.25, -0.2) is 9.97 Å². The van der Waals surface area contributed by atoms with E-state index in [-0.39, 0.29) is 6.15 Å². The molecule has 1 heterocycles. The van der Waals surface area contributed by atoms with Crippen molar-refractivity contribution in [3.63, 3.8) is 0 Å². The van der Waals surface area contributed by atoms with Crippen molar-refractivity contribution in [1.82, 2.24) is 16.1 Å². The van der Waals surface area contributed by atoms with Crippen LogP contribution in [0.15, 0.2) is 23.2 Å². The third kappa shape index (κ3) is 1.99. The first-order valence-corrected chi connectivity index (χ1v) is 2.59. The van der Waals surface area contributed by atoms with E-state index in [1.165, 1.54) is 6.33 Å². The zero-order valence-electron chi connectivity index (χ0n) is 4.21. The van der Waals surface area contributed by atoms with Crippen LogP contribution in [0.5, 0.6) is 0 Å². The molecule has 1 rings (SSSR count). The van der Waals surface area contributed by atoms with E-state index < -0.39 is 0 Å². The van der Waals surface area contributed by atoms with Crippen molar-refractivity contribution in [1.29, 1.82) is 0 Å². The number of rotatable bonds is 0. The van der Waals surface area contributed by atoms with Crippen LogP contribution in [0.1, 0.15) is 0 Å². The van der Waals surface area contributed by atoms with Gasteiger partial charge in [-0.3, -0.25) is 0 Å². The highest BCUT2D eigenvalue weighted by atomic mass is 79.9. The summed E-state index contributed by atoms with van der Waals surface area (Å²) in [6.07, 6.45) is 4.87. The summed E-state index contributed by atoms with van der Waals surface area (Å²) >= 11 is 3.19. The van der Waals surface area contributed by atoms with Gasteiger partial charge in [-0.15, -0.1) is 0 Å². The van der Waals surface area contributed by atoms with Crippen LogP contribution in [0, 0.1) is 0 Å². The minimum absolute atomic E-state index is 0. The third-order valence-electron chi connectivity index (χ3n) is 0.529. The average Bonchev–Trinajstić information content (AvgIpc) is 1.69. The molecule has 0 radical (unpaired) electrons. The van der Waals surface area contributed by atoms with Gasteiger partial charge in [0, 0.05) is 12.4 Å². The Morgan fingerprint density at radius 2 is 1.75 bits per heavy atom. The Hall–Kier alpha value is -0.480. The van der Waals surface area contributed by atoms with Crippen LogP contribution in [0.4, 0.5) is 0 Å². The lowest BCUT2D eigenvalue weighted by molar-refractivity contribution is 1.15. The Morgan fingerprint density at radius 3 is 2.00 bits per heavy atom. The monoisotopic (exact) mass is 175 g/mol. The molecule has 0 spiro atoms. The smallest absolute Gasteiger partial charge is 0.115 e. The van der Waals surface area contributed by atoms with Crippen molar-refractivity contribution in [2.45, 2.75) is 0 Å². The Balaban J connectivity index is 0.000000490. The maximum Gasteiger partial charge on any atom is 0.115 e. The molecule has 0 fully saturated rings. The second-order valence-electron chi connectivity index (χ2n) is 1.06. The summed E-state index contributed by atoms with van der Waals surface area (Å²) in [4.78, 5) is 7.45. The molecule has 0 bridgehead atoms. The Labute approximate surface area is 55.9 Å². The van der Waals surface area contributed by atoms with E-state index >= 15 is 0 Å². The van der Waals surface area contributed by atoms with Crippen LogP contribution in [-0.4, -0.2) is 9.97 Å². The summed E-state index contributed by atoms with van der Waals surface area (Å²) < 4.78 is 0.912. The number of hydrogen-bond acceptors (Lipinski definition) is 3. The van der Waals surface area contributed by atoms with E-state index in [2.05, 4.69) is 25.9 Å². The second kappa shape index (κ2) is 3.51. The van der Waals surface area contributed by atoms with Crippen LogP contribution in [0.2, 0.25) is 0 Å². The van der Waals surface area contributed by atoms with E-state index in [9.17, 15) is 0 Å². The highest BCUT2D eigenvalue weighted by Crippen LogP contribution is 2.00. The first kappa shape index (κ1) is 7.52. The van der Waals surface area contributed by atoms with Gasteiger partial charge in [-0.1, -0.05) is 0 Å². The zero-order valence-corrected chi connectivity index (χ0v) is 5.80. The Bertz CT molecular complexity index is 141. The van der Waals surface area contributed by atoms with E-state index in [1.54, 1.807) is 12.4 Å². The molecule has 0 unspecified atom stereocenters. The largest absolute Gasteiger partial charge is 0.344 e. The molecule has 3 N–H and O–H groups in total. The van der Waals surface area contributed by atoms with Gasteiger partial charge in [0.1, 0.15) is 6.33 Å². The van der Waals surface area contributed by atoms with Crippen molar-refractivity contribution < 1.29 is 0 Å². The van der Waals surface area contributed by atoms with Gasteiger partial charge in [0.2, 0.25) is 0 Å².